The average Bonchev–Trinajstić information content (AvgIpc) is 2.26. The number of halogens is 1. The van der Waals surface area contributed by atoms with E-state index in [4.69, 9.17) is 23.2 Å². The van der Waals surface area contributed by atoms with E-state index in [1.54, 1.807) is 6.07 Å². The van der Waals surface area contributed by atoms with E-state index >= 15 is 0 Å². The van der Waals surface area contributed by atoms with E-state index in [0.717, 1.165) is 18.4 Å². The second-order valence-corrected chi connectivity index (χ2v) is 4.68. The maximum Gasteiger partial charge on any atom is 0.0482 e. The van der Waals surface area contributed by atoms with Crippen LogP contribution in [0.2, 0.25) is 5.02 Å². The molecule has 0 spiro atoms. The van der Waals surface area contributed by atoms with Crippen molar-refractivity contribution >= 4 is 17.3 Å². The Bertz CT molecular complexity index is 341. The highest BCUT2D eigenvalue weighted by Gasteiger charge is 2.15. The third-order valence-corrected chi connectivity index (χ3v) is 3.20. The summed E-state index contributed by atoms with van der Waals surface area (Å²) >= 11 is 5.87. The van der Waals surface area contributed by atoms with Crippen LogP contribution in [0.4, 0.5) is 5.69 Å². The summed E-state index contributed by atoms with van der Waals surface area (Å²) in [6, 6.07) is 5.63. The predicted molar refractivity (Wildman–Crippen MR) is 70.0 cm³/mol. The molecule has 5 N–H and O–H groups in total. The second kappa shape index (κ2) is 6.09. The Kier molecular flexibility index (Phi) is 5.06. The van der Waals surface area contributed by atoms with Gasteiger partial charge >= 0.3 is 0 Å². The van der Waals surface area contributed by atoms with Gasteiger partial charge in [0, 0.05) is 16.8 Å². The van der Waals surface area contributed by atoms with Gasteiger partial charge in [-0.25, -0.2) is 0 Å². The number of hydrogen-bond donors (Lipinski definition) is 3. The highest BCUT2D eigenvalue weighted by Crippen LogP contribution is 2.28. The molecule has 1 aromatic rings. The summed E-state index contributed by atoms with van der Waals surface area (Å²) in [5, 5.41) is 0.653. The largest absolute Gasteiger partial charge is 0.398 e. The fourth-order valence-corrected chi connectivity index (χ4v) is 1.90. The van der Waals surface area contributed by atoms with Crippen molar-refractivity contribution in [2.45, 2.75) is 32.7 Å². The average molecular weight is 242 g/mol. The number of nitrogen functional groups attached to an aromatic ring is 1. The summed E-state index contributed by atoms with van der Waals surface area (Å²) in [5.41, 5.74) is 10.5. The fourth-order valence-electron chi connectivity index (χ4n) is 1.72. The number of hydrazine groups is 1. The van der Waals surface area contributed by atoms with Crippen LogP contribution in [0.3, 0.4) is 0 Å². The minimum Gasteiger partial charge on any atom is -0.398 e. The van der Waals surface area contributed by atoms with Crippen LogP contribution in [0.15, 0.2) is 18.2 Å². The molecule has 2 atom stereocenters. The van der Waals surface area contributed by atoms with Crippen LogP contribution in [0.25, 0.3) is 0 Å². The van der Waals surface area contributed by atoms with Crippen LogP contribution < -0.4 is 17.0 Å². The molecule has 0 saturated carbocycles. The summed E-state index contributed by atoms with van der Waals surface area (Å²) in [5.74, 6) is 6.18. The molecule has 0 heterocycles. The van der Waals surface area contributed by atoms with Crippen LogP contribution in [0.5, 0.6) is 0 Å². The molecule has 0 aliphatic rings. The quantitative estimate of drug-likeness (QED) is 0.422. The fraction of sp³-hybridized carbons (Fsp3) is 0.500. The van der Waals surface area contributed by atoms with Crippen LogP contribution in [0, 0.1) is 5.92 Å². The molecule has 0 fully saturated rings. The monoisotopic (exact) mass is 241 g/mol. The Morgan fingerprint density at radius 2 is 2.12 bits per heavy atom. The van der Waals surface area contributed by atoms with Crippen molar-refractivity contribution in [1.82, 2.24) is 5.43 Å². The molecule has 0 bridgehead atoms. The highest BCUT2D eigenvalue weighted by atomic mass is 35.5. The zero-order chi connectivity index (χ0) is 12.1. The summed E-state index contributed by atoms with van der Waals surface area (Å²) < 4.78 is 0. The molecule has 1 rings (SSSR count). The number of anilines is 1. The molecule has 0 aliphatic heterocycles. The zero-order valence-electron chi connectivity index (χ0n) is 9.83. The van der Waals surface area contributed by atoms with Gasteiger partial charge in [-0.2, -0.15) is 0 Å². The summed E-state index contributed by atoms with van der Waals surface area (Å²) in [4.78, 5) is 0. The van der Waals surface area contributed by atoms with Crippen LogP contribution in [-0.2, 0) is 0 Å². The lowest BCUT2D eigenvalue weighted by Gasteiger charge is -2.21. The van der Waals surface area contributed by atoms with Crippen molar-refractivity contribution in [3.63, 3.8) is 0 Å². The normalized spacial score (nSPS) is 14.8. The number of hydrogen-bond acceptors (Lipinski definition) is 3. The Hall–Kier alpha value is -0.770. The first-order valence-electron chi connectivity index (χ1n) is 5.59. The molecule has 0 radical (unpaired) electrons. The highest BCUT2D eigenvalue weighted by molar-refractivity contribution is 6.30. The molecular formula is C12H20ClN3. The molecular weight excluding hydrogens is 222 g/mol. The first-order chi connectivity index (χ1) is 7.58. The van der Waals surface area contributed by atoms with E-state index in [1.807, 2.05) is 12.1 Å². The number of benzene rings is 1. The molecule has 2 unspecified atom stereocenters. The smallest absolute Gasteiger partial charge is 0.0482 e. The number of nitrogens with two attached hydrogens (primary N) is 2. The lowest BCUT2D eigenvalue weighted by molar-refractivity contribution is 0.408. The Morgan fingerprint density at radius 3 is 2.62 bits per heavy atom. The van der Waals surface area contributed by atoms with Gasteiger partial charge in [0.25, 0.3) is 0 Å². The number of nitrogens with one attached hydrogen (secondary N) is 1. The standard InChI is InChI=1S/C12H20ClN3/c1-3-8(2)6-12(16-15)10-5-4-9(13)7-11(10)14/h4-5,7-8,12,16H,3,6,14-15H2,1-2H3. The van der Waals surface area contributed by atoms with E-state index in [-0.39, 0.29) is 6.04 Å². The summed E-state index contributed by atoms with van der Waals surface area (Å²) in [6.45, 7) is 4.37. The topological polar surface area (TPSA) is 64.1 Å². The van der Waals surface area contributed by atoms with Crippen molar-refractivity contribution in [2.24, 2.45) is 11.8 Å². The molecule has 1 aromatic carbocycles. The Morgan fingerprint density at radius 1 is 1.44 bits per heavy atom. The van der Waals surface area contributed by atoms with Gasteiger partial charge in [-0.05, 0) is 30.0 Å². The molecule has 16 heavy (non-hydrogen) atoms. The van der Waals surface area contributed by atoms with Gasteiger partial charge in [-0.3, -0.25) is 11.3 Å². The predicted octanol–water partition coefficient (Wildman–Crippen LogP) is 2.86. The summed E-state index contributed by atoms with van der Waals surface area (Å²) in [6.07, 6.45) is 2.10. The molecule has 0 amide bonds. The minimum atomic E-state index is 0.0900. The maximum atomic E-state index is 5.94. The van der Waals surface area contributed by atoms with Crippen molar-refractivity contribution in [2.75, 3.05) is 5.73 Å². The van der Waals surface area contributed by atoms with Gasteiger partial charge in [-0.1, -0.05) is 37.9 Å². The van der Waals surface area contributed by atoms with Crippen LogP contribution in [0.1, 0.15) is 38.3 Å². The van der Waals surface area contributed by atoms with E-state index in [1.165, 1.54) is 0 Å². The van der Waals surface area contributed by atoms with E-state index < -0.39 is 0 Å². The van der Waals surface area contributed by atoms with E-state index in [9.17, 15) is 0 Å². The third-order valence-electron chi connectivity index (χ3n) is 2.96. The lowest BCUT2D eigenvalue weighted by atomic mass is 9.94. The van der Waals surface area contributed by atoms with Gasteiger partial charge in [0.1, 0.15) is 0 Å². The molecule has 90 valence electrons. The molecule has 0 aromatic heterocycles. The molecule has 0 saturated heterocycles. The van der Waals surface area contributed by atoms with Crippen molar-refractivity contribution in [1.29, 1.82) is 0 Å². The van der Waals surface area contributed by atoms with Crippen molar-refractivity contribution < 1.29 is 0 Å². The van der Waals surface area contributed by atoms with Gasteiger partial charge in [0.2, 0.25) is 0 Å². The van der Waals surface area contributed by atoms with Gasteiger partial charge in [-0.15, -0.1) is 0 Å². The number of rotatable bonds is 5. The van der Waals surface area contributed by atoms with Crippen molar-refractivity contribution in [3.8, 4) is 0 Å². The Labute approximate surface area is 102 Å². The van der Waals surface area contributed by atoms with Gasteiger partial charge in [0.05, 0.1) is 0 Å². The zero-order valence-corrected chi connectivity index (χ0v) is 10.6. The second-order valence-electron chi connectivity index (χ2n) is 4.24. The van der Waals surface area contributed by atoms with E-state index in [0.29, 0.717) is 16.6 Å². The Balaban J connectivity index is 2.86. The summed E-state index contributed by atoms with van der Waals surface area (Å²) in [7, 11) is 0. The maximum absolute atomic E-state index is 5.94. The van der Waals surface area contributed by atoms with Crippen molar-refractivity contribution in [3.05, 3.63) is 28.8 Å². The van der Waals surface area contributed by atoms with Crippen LogP contribution in [-0.4, -0.2) is 0 Å². The van der Waals surface area contributed by atoms with Gasteiger partial charge in [0.15, 0.2) is 0 Å². The minimum absolute atomic E-state index is 0.0900. The van der Waals surface area contributed by atoms with Crippen LogP contribution >= 0.6 is 11.6 Å². The van der Waals surface area contributed by atoms with E-state index in [2.05, 4.69) is 19.3 Å². The first-order valence-corrected chi connectivity index (χ1v) is 5.97. The first kappa shape index (κ1) is 13.3. The molecule has 3 nitrogen and oxygen atoms in total. The van der Waals surface area contributed by atoms with Gasteiger partial charge < -0.3 is 5.73 Å². The lowest BCUT2D eigenvalue weighted by Crippen LogP contribution is -2.29. The molecule has 0 aliphatic carbocycles. The third kappa shape index (κ3) is 3.37. The molecule has 4 heteroatoms. The SMILES string of the molecule is CCC(C)CC(NN)c1ccc(Cl)cc1N.